The minimum Gasteiger partial charge on any atom is -0.463 e. The average molecular weight is 795 g/mol. The number of rotatable bonds is 11. The van der Waals surface area contributed by atoms with E-state index in [1.54, 1.807) is 36.9 Å². The second kappa shape index (κ2) is 16.0. The summed E-state index contributed by atoms with van der Waals surface area (Å²) in [4.78, 5) is 46.9. The van der Waals surface area contributed by atoms with E-state index in [-0.39, 0.29) is 22.4 Å². The first-order valence-electron chi connectivity index (χ1n) is 16.8. The predicted octanol–water partition coefficient (Wildman–Crippen LogP) is 7.65. The first kappa shape index (κ1) is 37.1. The average Bonchev–Trinajstić information content (AvgIpc) is 3.74. The maximum atomic E-state index is 14.6. The van der Waals surface area contributed by atoms with E-state index in [0.717, 1.165) is 21.8 Å². The highest BCUT2D eigenvalue weighted by atomic mass is 35.5. The standard InChI is InChI=1S/C39H31ClN6O5S3/c1-4-44-35(25-12-9-13-27(40)20-25)42-43-39(44)53-30-19-16-28(46(49)50)21-26(30)22-31-36(47)45-34(24-14-17-29(52-3)18-15-24)32(37(48)51-5-2)33(41-38(45)54-31)23-10-7-6-8-11-23/h6-22,34H,4-5H2,1-3H3/b31-22+/t34-/m0/s1. The summed E-state index contributed by atoms with van der Waals surface area (Å²) < 4.78 is 9.30. The van der Waals surface area contributed by atoms with E-state index >= 15 is 0 Å². The van der Waals surface area contributed by atoms with Crippen molar-refractivity contribution in [2.45, 2.75) is 41.4 Å². The van der Waals surface area contributed by atoms with Gasteiger partial charge in [-0.3, -0.25) is 19.5 Å². The molecule has 1 aliphatic rings. The SMILES string of the molecule is CCOC(=O)C1=C(c2ccccc2)N=c2s/c(=C/c3cc([N+](=O)[O-])ccc3Sc3nnc(-c4cccc(Cl)c4)n3CC)c(=O)n2[C@H]1c1ccc(SC)cc1. The predicted molar refractivity (Wildman–Crippen MR) is 213 cm³/mol. The van der Waals surface area contributed by atoms with Gasteiger partial charge in [-0.25, -0.2) is 9.79 Å². The van der Waals surface area contributed by atoms with Crippen LogP contribution in [0.5, 0.6) is 0 Å². The van der Waals surface area contributed by atoms with Gasteiger partial charge in [0, 0.05) is 44.6 Å². The van der Waals surface area contributed by atoms with Crippen molar-refractivity contribution in [3.63, 3.8) is 0 Å². The highest BCUT2D eigenvalue weighted by Gasteiger charge is 2.35. The summed E-state index contributed by atoms with van der Waals surface area (Å²) in [6.07, 6.45) is 3.61. The maximum Gasteiger partial charge on any atom is 0.338 e. The molecule has 0 fully saturated rings. The van der Waals surface area contributed by atoms with Crippen molar-refractivity contribution in [3.8, 4) is 11.4 Å². The lowest BCUT2D eigenvalue weighted by Gasteiger charge is -2.26. The lowest BCUT2D eigenvalue weighted by atomic mass is 9.93. The minimum absolute atomic E-state index is 0.132. The number of esters is 1. The van der Waals surface area contributed by atoms with Crippen LogP contribution < -0.4 is 14.9 Å². The van der Waals surface area contributed by atoms with Crippen molar-refractivity contribution in [1.29, 1.82) is 0 Å². The molecule has 11 nitrogen and oxygen atoms in total. The van der Waals surface area contributed by atoms with Gasteiger partial charge in [0.1, 0.15) is 0 Å². The molecule has 0 bridgehead atoms. The van der Waals surface area contributed by atoms with E-state index < -0.39 is 22.5 Å². The molecule has 15 heteroatoms. The Morgan fingerprint density at radius 2 is 1.76 bits per heavy atom. The quantitative estimate of drug-likeness (QED) is 0.0561. The van der Waals surface area contributed by atoms with Gasteiger partial charge < -0.3 is 9.30 Å². The normalized spacial score (nSPS) is 14.1. The summed E-state index contributed by atoms with van der Waals surface area (Å²) >= 11 is 10.3. The summed E-state index contributed by atoms with van der Waals surface area (Å²) in [5.41, 5.74) is 2.71. The van der Waals surface area contributed by atoms with Crippen LogP contribution in [0.3, 0.4) is 0 Å². The Balaban J connectivity index is 1.42. The summed E-state index contributed by atoms with van der Waals surface area (Å²) in [6.45, 7) is 4.38. The number of carbonyl (C=O) groups is 1. The Labute approximate surface area is 326 Å². The Kier molecular flexibility index (Phi) is 11.0. The molecule has 0 unspecified atom stereocenters. The molecule has 0 aliphatic carbocycles. The highest BCUT2D eigenvalue weighted by molar-refractivity contribution is 7.99. The van der Waals surface area contributed by atoms with Crippen LogP contribution in [0.4, 0.5) is 5.69 Å². The van der Waals surface area contributed by atoms with Gasteiger partial charge in [-0.2, -0.15) is 0 Å². The number of nitrogens with zero attached hydrogens (tertiary/aromatic N) is 6. The molecule has 0 amide bonds. The topological polar surface area (TPSA) is 135 Å². The highest BCUT2D eigenvalue weighted by Crippen LogP contribution is 2.37. The number of aromatic nitrogens is 4. The van der Waals surface area contributed by atoms with Crippen LogP contribution in [0.25, 0.3) is 23.2 Å². The van der Waals surface area contributed by atoms with Gasteiger partial charge in [-0.15, -0.1) is 22.0 Å². The second-order valence-electron chi connectivity index (χ2n) is 11.8. The van der Waals surface area contributed by atoms with Crippen LogP contribution in [-0.2, 0) is 16.1 Å². The van der Waals surface area contributed by atoms with Crippen molar-refractivity contribution in [2.75, 3.05) is 12.9 Å². The molecule has 4 aromatic carbocycles. The fourth-order valence-electron chi connectivity index (χ4n) is 6.13. The van der Waals surface area contributed by atoms with E-state index in [1.165, 1.54) is 28.5 Å². The number of fused-ring (bicyclic) bond motifs is 1. The molecule has 0 N–H and O–H groups in total. The van der Waals surface area contributed by atoms with Crippen molar-refractivity contribution in [1.82, 2.24) is 19.3 Å². The number of non-ortho nitro benzene ring substituents is 1. The van der Waals surface area contributed by atoms with Gasteiger partial charge in [-0.1, -0.05) is 77.5 Å². The van der Waals surface area contributed by atoms with Crippen LogP contribution in [0, 0.1) is 10.1 Å². The van der Waals surface area contributed by atoms with E-state index in [0.29, 0.717) is 54.6 Å². The van der Waals surface area contributed by atoms with Gasteiger partial charge in [0.25, 0.3) is 11.2 Å². The number of nitro groups is 1. The van der Waals surface area contributed by atoms with Crippen LogP contribution in [0.15, 0.2) is 127 Å². The van der Waals surface area contributed by atoms with E-state index in [4.69, 9.17) is 21.3 Å². The van der Waals surface area contributed by atoms with Gasteiger partial charge in [-0.05, 0) is 79.4 Å². The number of carbonyl (C=O) groups excluding carboxylic acids is 1. The van der Waals surface area contributed by atoms with Gasteiger partial charge in [0.15, 0.2) is 15.8 Å². The molecule has 54 heavy (non-hydrogen) atoms. The van der Waals surface area contributed by atoms with E-state index in [2.05, 4.69) is 10.2 Å². The molecule has 6 aromatic rings. The van der Waals surface area contributed by atoms with Crippen LogP contribution in [-0.4, -0.2) is 43.1 Å². The number of halogens is 1. The molecule has 1 aliphatic heterocycles. The van der Waals surface area contributed by atoms with Crippen molar-refractivity contribution >= 4 is 69.9 Å². The van der Waals surface area contributed by atoms with Crippen molar-refractivity contribution < 1.29 is 14.5 Å². The number of thioether (sulfide) groups is 1. The van der Waals surface area contributed by atoms with E-state index in [1.807, 2.05) is 90.5 Å². The summed E-state index contributed by atoms with van der Waals surface area (Å²) in [5.74, 6) is 0.0410. The molecular weight excluding hydrogens is 764 g/mol. The Morgan fingerprint density at radius 1 is 1.00 bits per heavy atom. The zero-order valence-electron chi connectivity index (χ0n) is 29.1. The zero-order valence-corrected chi connectivity index (χ0v) is 32.3. The zero-order chi connectivity index (χ0) is 37.9. The molecule has 272 valence electrons. The number of ether oxygens (including phenoxy) is 1. The van der Waals surface area contributed by atoms with Gasteiger partial charge in [0.05, 0.1) is 33.4 Å². The summed E-state index contributed by atoms with van der Waals surface area (Å²) in [6, 6.07) is 28.0. The molecular formula is C39H31ClN6O5S3. The smallest absolute Gasteiger partial charge is 0.338 e. The number of benzene rings is 4. The van der Waals surface area contributed by atoms with Crippen molar-refractivity contribution in [2.24, 2.45) is 4.99 Å². The number of hydrogen-bond acceptors (Lipinski definition) is 11. The third kappa shape index (κ3) is 7.29. The molecule has 7 rings (SSSR count). The first-order chi connectivity index (χ1) is 26.2. The fraction of sp³-hybridized carbons (Fsp3) is 0.154. The Bertz CT molecular complexity index is 2620. The lowest BCUT2D eigenvalue weighted by Crippen LogP contribution is -2.40. The Hall–Kier alpha value is -5.28. The number of nitro benzene ring substituents is 1. The molecule has 2 aromatic heterocycles. The summed E-state index contributed by atoms with van der Waals surface area (Å²) in [5, 5.41) is 22.0. The van der Waals surface area contributed by atoms with E-state index in [9.17, 15) is 19.7 Å². The van der Waals surface area contributed by atoms with Crippen LogP contribution in [0.2, 0.25) is 5.02 Å². The van der Waals surface area contributed by atoms with Crippen LogP contribution >= 0.6 is 46.5 Å². The summed E-state index contributed by atoms with van der Waals surface area (Å²) in [7, 11) is 0. The molecule has 0 spiro atoms. The molecule has 0 saturated heterocycles. The second-order valence-corrected chi connectivity index (χ2v) is 15.2. The van der Waals surface area contributed by atoms with Gasteiger partial charge >= 0.3 is 5.97 Å². The number of thiazole rings is 1. The third-order valence-electron chi connectivity index (χ3n) is 8.61. The molecule has 1 atom stereocenters. The van der Waals surface area contributed by atoms with Crippen molar-refractivity contribution in [3.05, 3.63) is 154 Å². The Morgan fingerprint density at radius 3 is 2.44 bits per heavy atom. The lowest BCUT2D eigenvalue weighted by molar-refractivity contribution is -0.384. The molecule has 0 radical (unpaired) electrons. The first-order valence-corrected chi connectivity index (χ1v) is 20.0. The molecule has 3 heterocycles. The fourth-order valence-corrected chi connectivity index (χ4v) is 8.69. The number of hydrogen-bond donors (Lipinski definition) is 0. The monoisotopic (exact) mass is 794 g/mol. The third-order valence-corrected chi connectivity index (χ3v) is 11.7. The largest absolute Gasteiger partial charge is 0.463 e. The molecule has 0 saturated carbocycles. The van der Waals surface area contributed by atoms with Gasteiger partial charge in [0.2, 0.25) is 0 Å². The maximum absolute atomic E-state index is 14.6. The van der Waals surface area contributed by atoms with Crippen LogP contribution in [0.1, 0.15) is 36.6 Å². The minimum atomic E-state index is -0.861.